The Morgan fingerprint density at radius 3 is 2.72 bits per heavy atom. The summed E-state index contributed by atoms with van der Waals surface area (Å²) in [6, 6.07) is 7.72. The second-order valence-electron chi connectivity index (χ2n) is 6.50. The van der Waals surface area contributed by atoms with Crippen LogP contribution in [0.25, 0.3) is 0 Å². The number of hydrogen-bond donors (Lipinski definition) is 1. The molecule has 2 heterocycles. The summed E-state index contributed by atoms with van der Waals surface area (Å²) in [5.41, 5.74) is 3.26. The molecule has 0 aliphatic carbocycles. The molecule has 0 aliphatic heterocycles. The summed E-state index contributed by atoms with van der Waals surface area (Å²) >= 11 is 0. The number of carbonyl (C=O) groups is 2. The van der Waals surface area contributed by atoms with E-state index < -0.39 is 16.8 Å². The first-order valence-electron chi connectivity index (χ1n) is 9.24. The number of hydrazone groups is 1. The van der Waals surface area contributed by atoms with E-state index in [0.29, 0.717) is 5.56 Å². The first-order chi connectivity index (χ1) is 15.3. The molecular weight excluding hydrogens is 422 g/mol. The van der Waals surface area contributed by atoms with Crippen LogP contribution in [-0.4, -0.2) is 39.9 Å². The summed E-state index contributed by atoms with van der Waals surface area (Å²) in [6.07, 6.45) is 2.72. The highest BCUT2D eigenvalue weighted by Gasteiger charge is 2.22. The molecule has 12 nitrogen and oxygen atoms in total. The molecule has 3 rings (SSSR count). The number of nitro groups is 1. The number of furan rings is 1. The summed E-state index contributed by atoms with van der Waals surface area (Å²) < 4.78 is 16.7. The van der Waals surface area contributed by atoms with E-state index in [1.165, 1.54) is 50.2 Å². The number of amides is 1. The molecule has 0 unspecified atom stereocenters. The lowest BCUT2D eigenvalue weighted by Crippen LogP contribution is -2.24. The van der Waals surface area contributed by atoms with Gasteiger partial charge in [-0.2, -0.15) is 10.2 Å². The quantitative estimate of drug-likeness (QED) is 0.184. The number of aromatic nitrogens is 2. The number of benzene rings is 1. The van der Waals surface area contributed by atoms with Crippen molar-refractivity contribution in [3.05, 3.63) is 69.4 Å². The average Bonchev–Trinajstić information content (AvgIpc) is 3.37. The number of hydrogen-bond acceptors (Lipinski definition) is 9. The molecule has 1 amide bonds. The Hall–Kier alpha value is -4.48. The fourth-order valence-corrected chi connectivity index (χ4v) is 2.85. The molecular formula is C20H19N5O7. The number of methoxy groups -OCH3 is 1. The van der Waals surface area contributed by atoms with Gasteiger partial charge in [0.1, 0.15) is 17.9 Å². The van der Waals surface area contributed by atoms with Crippen molar-refractivity contribution in [1.29, 1.82) is 0 Å². The Balaban J connectivity index is 1.62. The third kappa shape index (κ3) is 4.98. The van der Waals surface area contributed by atoms with Crippen LogP contribution in [0.1, 0.15) is 27.5 Å². The molecule has 1 N–H and O–H groups in total. The van der Waals surface area contributed by atoms with Gasteiger partial charge in [0.25, 0.3) is 5.91 Å². The van der Waals surface area contributed by atoms with E-state index in [1.54, 1.807) is 18.2 Å². The van der Waals surface area contributed by atoms with Gasteiger partial charge in [0.2, 0.25) is 5.76 Å². The molecule has 0 bridgehead atoms. The van der Waals surface area contributed by atoms with Crippen LogP contribution in [0.5, 0.6) is 11.5 Å². The lowest BCUT2D eigenvalue weighted by atomic mass is 10.2. The third-order valence-corrected chi connectivity index (χ3v) is 4.33. The van der Waals surface area contributed by atoms with Gasteiger partial charge in [-0.05, 0) is 49.7 Å². The van der Waals surface area contributed by atoms with Crippen LogP contribution >= 0.6 is 0 Å². The molecule has 32 heavy (non-hydrogen) atoms. The maximum atomic E-state index is 12.1. The highest BCUT2D eigenvalue weighted by molar-refractivity contribution is 5.89. The number of aryl methyl sites for hydroxylation is 1. The van der Waals surface area contributed by atoms with Crippen molar-refractivity contribution in [1.82, 2.24) is 15.2 Å². The molecule has 166 valence electrons. The van der Waals surface area contributed by atoms with E-state index in [4.69, 9.17) is 13.9 Å². The topological polar surface area (TPSA) is 151 Å². The average molecular weight is 441 g/mol. The Morgan fingerprint density at radius 2 is 2.09 bits per heavy atom. The van der Waals surface area contributed by atoms with Crippen molar-refractivity contribution in [2.24, 2.45) is 5.10 Å². The molecule has 0 saturated carbocycles. The van der Waals surface area contributed by atoms with Crippen molar-refractivity contribution in [3.8, 4) is 11.5 Å². The van der Waals surface area contributed by atoms with Crippen LogP contribution in [0.3, 0.4) is 0 Å². The normalized spacial score (nSPS) is 10.8. The number of rotatable bonds is 8. The zero-order valence-electron chi connectivity index (χ0n) is 17.4. The van der Waals surface area contributed by atoms with E-state index in [0.717, 1.165) is 0 Å². The Bertz CT molecular complexity index is 1180. The van der Waals surface area contributed by atoms with Crippen LogP contribution < -0.4 is 14.9 Å². The number of carbonyl (C=O) groups excluding carboxylic acids is 2. The molecule has 3 aromatic rings. The SMILES string of the molecule is COc1cc(/C=N\NC(=O)Cn2nc(C)c([N+](=O)[O-])c2C)ccc1OC(=O)c1ccco1. The predicted octanol–water partition coefficient (Wildman–Crippen LogP) is 2.38. The second-order valence-corrected chi connectivity index (χ2v) is 6.50. The van der Waals surface area contributed by atoms with Gasteiger partial charge < -0.3 is 13.9 Å². The van der Waals surface area contributed by atoms with Gasteiger partial charge in [-0.3, -0.25) is 19.6 Å². The zero-order chi connectivity index (χ0) is 23.3. The van der Waals surface area contributed by atoms with Crippen LogP contribution in [0, 0.1) is 24.0 Å². The van der Waals surface area contributed by atoms with Crippen molar-refractivity contribution >= 4 is 23.8 Å². The van der Waals surface area contributed by atoms with Gasteiger partial charge in [-0.15, -0.1) is 0 Å². The van der Waals surface area contributed by atoms with Gasteiger partial charge in [-0.25, -0.2) is 10.2 Å². The van der Waals surface area contributed by atoms with Gasteiger partial charge in [0.15, 0.2) is 11.5 Å². The number of ether oxygens (including phenoxy) is 2. The van der Waals surface area contributed by atoms with Crippen molar-refractivity contribution in [2.45, 2.75) is 20.4 Å². The minimum atomic E-state index is -0.675. The standard InChI is InChI=1S/C20H19N5O7/c1-12-19(25(28)29)13(2)24(23-12)11-18(26)22-21-10-14-6-7-15(17(9-14)30-3)32-20(27)16-5-4-8-31-16/h4-10H,11H2,1-3H3,(H,22,26)/b21-10-. The molecule has 0 atom stereocenters. The van der Waals surface area contributed by atoms with Crippen LogP contribution in [0.15, 0.2) is 46.1 Å². The number of nitrogens with zero attached hydrogens (tertiary/aromatic N) is 4. The second kappa shape index (κ2) is 9.55. The minimum absolute atomic E-state index is 0.0494. The van der Waals surface area contributed by atoms with E-state index >= 15 is 0 Å². The first-order valence-corrected chi connectivity index (χ1v) is 9.24. The maximum Gasteiger partial charge on any atom is 0.379 e. The molecule has 2 aromatic heterocycles. The molecule has 0 saturated heterocycles. The lowest BCUT2D eigenvalue weighted by molar-refractivity contribution is -0.386. The van der Waals surface area contributed by atoms with Gasteiger partial charge >= 0.3 is 11.7 Å². The Labute approximate surface area is 181 Å². The summed E-state index contributed by atoms with van der Waals surface area (Å²) in [5.74, 6) is -0.686. The highest BCUT2D eigenvalue weighted by Crippen LogP contribution is 2.28. The van der Waals surface area contributed by atoms with Gasteiger partial charge in [-0.1, -0.05) is 0 Å². The summed E-state index contributed by atoms with van der Waals surface area (Å²) in [7, 11) is 1.41. The molecule has 1 aromatic carbocycles. The van der Waals surface area contributed by atoms with E-state index in [2.05, 4.69) is 15.6 Å². The molecule has 12 heteroatoms. The third-order valence-electron chi connectivity index (χ3n) is 4.33. The van der Waals surface area contributed by atoms with Crippen LogP contribution in [0.2, 0.25) is 0 Å². The molecule has 0 spiro atoms. The van der Waals surface area contributed by atoms with E-state index in [9.17, 15) is 19.7 Å². The maximum absolute atomic E-state index is 12.1. The van der Waals surface area contributed by atoms with Crippen molar-refractivity contribution in [3.63, 3.8) is 0 Å². The summed E-state index contributed by atoms with van der Waals surface area (Å²) in [6.45, 7) is 2.78. The minimum Gasteiger partial charge on any atom is -0.493 e. The van der Waals surface area contributed by atoms with E-state index in [1.807, 2.05) is 0 Å². The smallest absolute Gasteiger partial charge is 0.379 e. The number of nitrogens with one attached hydrogen (secondary N) is 1. The first kappa shape index (κ1) is 22.2. The van der Waals surface area contributed by atoms with Gasteiger partial charge in [0.05, 0.1) is 24.5 Å². The monoisotopic (exact) mass is 441 g/mol. The Morgan fingerprint density at radius 1 is 1.31 bits per heavy atom. The zero-order valence-corrected chi connectivity index (χ0v) is 17.4. The van der Waals surface area contributed by atoms with Crippen LogP contribution in [0.4, 0.5) is 5.69 Å². The molecule has 0 radical (unpaired) electrons. The van der Waals surface area contributed by atoms with E-state index in [-0.39, 0.29) is 40.9 Å². The predicted molar refractivity (Wildman–Crippen MR) is 111 cm³/mol. The van der Waals surface area contributed by atoms with Crippen molar-refractivity contribution < 1.29 is 28.4 Å². The highest BCUT2D eigenvalue weighted by atomic mass is 16.6. The molecule has 0 fully saturated rings. The fourth-order valence-electron chi connectivity index (χ4n) is 2.85. The van der Waals surface area contributed by atoms with Crippen molar-refractivity contribution in [2.75, 3.05) is 7.11 Å². The van der Waals surface area contributed by atoms with Crippen LogP contribution in [-0.2, 0) is 11.3 Å². The number of esters is 1. The fraction of sp³-hybridized carbons (Fsp3) is 0.200. The Kier molecular flexibility index (Phi) is 6.63. The molecule has 0 aliphatic rings. The summed E-state index contributed by atoms with van der Waals surface area (Å²) in [4.78, 5) is 34.6. The van der Waals surface area contributed by atoms with Gasteiger partial charge in [0, 0.05) is 0 Å². The summed E-state index contributed by atoms with van der Waals surface area (Å²) in [5, 5.41) is 18.9. The largest absolute Gasteiger partial charge is 0.493 e. The lowest BCUT2D eigenvalue weighted by Gasteiger charge is -2.09.